The molecule has 2 rings (SSSR count). The first kappa shape index (κ1) is 19.4. The lowest BCUT2D eigenvalue weighted by Crippen LogP contribution is -1.97. The van der Waals surface area contributed by atoms with Gasteiger partial charge in [-0.1, -0.05) is 95.0 Å². The summed E-state index contributed by atoms with van der Waals surface area (Å²) < 4.78 is 0. The topological polar surface area (TPSA) is 43.1 Å². The Kier molecular flexibility index (Phi) is 8.44. The molecule has 2 aromatic rings. The molecule has 0 saturated heterocycles. The molecule has 0 aliphatic carbocycles. The molecule has 0 atom stereocenters. The summed E-state index contributed by atoms with van der Waals surface area (Å²) in [5.41, 5.74) is 1.18. The molecule has 136 valence electrons. The molecular formula is C22H31NO2. The Bertz CT molecular complexity index is 666. The molecule has 3 heteroatoms. The van der Waals surface area contributed by atoms with E-state index in [0.717, 1.165) is 29.2 Å². The number of hydrogen-bond donors (Lipinski definition) is 0. The van der Waals surface area contributed by atoms with Crippen LogP contribution in [0.5, 0.6) is 0 Å². The van der Waals surface area contributed by atoms with Crippen molar-refractivity contribution in [3.8, 4) is 0 Å². The van der Waals surface area contributed by atoms with Crippen LogP contribution in [0.1, 0.15) is 76.7 Å². The van der Waals surface area contributed by atoms with Crippen LogP contribution in [0.25, 0.3) is 10.8 Å². The summed E-state index contributed by atoms with van der Waals surface area (Å²) in [4.78, 5) is 11.3. The molecule has 0 aliphatic heterocycles. The van der Waals surface area contributed by atoms with Gasteiger partial charge in [-0.15, -0.1) is 0 Å². The summed E-state index contributed by atoms with van der Waals surface area (Å²) >= 11 is 0. The Labute approximate surface area is 151 Å². The lowest BCUT2D eigenvalue weighted by Gasteiger charge is -2.07. The van der Waals surface area contributed by atoms with E-state index in [1.165, 1.54) is 57.8 Å². The summed E-state index contributed by atoms with van der Waals surface area (Å²) in [5, 5.41) is 13.2. The van der Waals surface area contributed by atoms with Crippen molar-refractivity contribution >= 4 is 16.5 Å². The normalized spacial score (nSPS) is 11.1. The Hall–Kier alpha value is -1.90. The highest BCUT2D eigenvalue weighted by atomic mass is 16.6. The smallest absolute Gasteiger partial charge is 0.258 e. The molecule has 25 heavy (non-hydrogen) atoms. The third-order valence-corrected chi connectivity index (χ3v) is 4.97. The molecule has 0 N–H and O–H groups in total. The van der Waals surface area contributed by atoms with Gasteiger partial charge in [0, 0.05) is 5.56 Å². The standard InChI is InChI=1S/C22H31NO2/c1-2-3-4-5-6-7-8-9-10-11-15-20-18-17-19-14-12-13-16-21(19)22(20)23(24)25/h12-14,16-18H,2-11,15H2,1H3. The Balaban J connectivity index is 1.76. The second kappa shape index (κ2) is 10.9. The average Bonchev–Trinajstić information content (AvgIpc) is 2.62. The molecule has 0 spiro atoms. The van der Waals surface area contributed by atoms with E-state index < -0.39 is 0 Å². The van der Waals surface area contributed by atoms with E-state index in [-0.39, 0.29) is 4.92 Å². The van der Waals surface area contributed by atoms with Gasteiger partial charge >= 0.3 is 0 Å². The fourth-order valence-electron chi connectivity index (χ4n) is 3.52. The highest BCUT2D eigenvalue weighted by Gasteiger charge is 2.17. The Morgan fingerprint density at radius 1 is 0.800 bits per heavy atom. The number of benzene rings is 2. The minimum Gasteiger partial charge on any atom is -0.258 e. The second-order valence-electron chi connectivity index (χ2n) is 6.98. The Morgan fingerprint density at radius 3 is 2.04 bits per heavy atom. The van der Waals surface area contributed by atoms with Crippen molar-refractivity contribution in [1.29, 1.82) is 0 Å². The van der Waals surface area contributed by atoms with E-state index in [0.29, 0.717) is 5.69 Å². The van der Waals surface area contributed by atoms with Crippen molar-refractivity contribution in [2.75, 3.05) is 0 Å². The monoisotopic (exact) mass is 341 g/mol. The van der Waals surface area contributed by atoms with E-state index in [4.69, 9.17) is 0 Å². The van der Waals surface area contributed by atoms with Crippen molar-refractivity contribution < 1.29 is 4.92 Å². The van der Waals surface area contributed by atoms with Crippen molar-refractivity contribution in [3.05, 3.63) is 52.1 Å². The van der Waals surface area contributed by atoms with Crippen LogP contribution in [0.4, 0.5) is 5.69 Å². The van der Waals surface area contributed by atoms with E-state index in [1.54, 1.807) is 0 Å². The van der Waals surface area contributed by atoms with Crippen LogP contribution in [0.15, 0.2) is 36.4 Å². The molecule has 3 nitrogen and oxygen atoms in total. The number of nitro benzene ring substituents is 1. The quantitative estimate of drug-likeness (QED) is 0.232. The van der Waals surface area contributed by atoms with Gasteiger partial charge in [0.15, 0.2) is 0 Å². The number of aryl methyl sites for hydroxylation is 1. The molecular weight excluding hydrogens is 310 g/mol. The van der Waals surface area contributed by atoms with Gasteiger partial charge in [0.1, 0.15) is 0 Å². The van der Waals surface area contributed by atoms with Crippen LogP contribution in [-0.4, -0.2) is 4.92 Å². The summed E-state index contributed by atoms with van der Waals surface area (Å²) in [6.07, 6.45) is 13.7. The molecule has 0 aliphatic rings. The lowest BCUT2D eigenvalue weighted by molar-refractivity contribution is -0.383. The predicted molar refractivity (Wildman–Crippen MR) is 106 cm³/mol. The zero-order valence-corrected chi connectivity index (χ0v) is 15.5. The van der Waals surface area contributed by atoms with Gasteiger partial charge in [-0.25, -0.2) is 0 Å². The maximum Gasteiger partial charge on any atom is 0.280 e. The Morgan fingerprint density at radius 2 is 1.40 bits per heavy atom. The van der Waals surface area contributed by atoms with Gasteiger partial charge in [-0.2, -0.15) is 0 Å². The molecule has 0 fully saturated rings. The summed E-state index contributed by atoms with van der Waals surface area (Å²) in [7, 11) is 0. The van der Waals surface area contributed by atoms with Gasteiger partial charge in [-0.3, -0.25) is 10.1 Å². The van der Waals surface area contributed by atoms with E-state index >= 15 is 0 Å². The fourth-order valence-corrected chi connectivity index (χ4v) is 3.52. The average molecular weight is 341 g/mol. The molecule has 0 heterocycles. The van der Waals surface area contributed by atoms with Gasteiger partial charge in [0.2, 0.25) is 0 Å². The highest BCUT2D eigenvalue weighted by molar-refractivity contribution is 5.92. The molecule has 0 aromatic heterocycles. The highest BCUT2D eigenvalue weighted by Crippen LogP contribution is 2.30. The van der Waals surface area contributed by atoms with Crippen LogP contribution in [0.3, 0.4) is 0 Å². The van der Waals surface area contributed by atoms with Crippen molar-refractivity contribution in [1.82, 2.24) is 0 Å². The number of unbranched alkanes of at least 4 members (excludes halogenated alkanes) is 9. The summed E-state index contributed by atoms with van der Waals surface area (Å²) in [6.45, 7) is 2.25. The molecule has 0 bridgehead atoms. The van der Waals surface area contributed by atoms with E-state index in [1.807, 2.05) is 36.4 Å². The van der Waals surface area contributed by atoms with Crippen molar-refractivity contribution in [2.24, 2.45) is 0 Å². The predicted octanol–water partition coefficient (Wildman–Crippen LogP) is 7.21. The molecule has 2 aromatic carbocycles. The first-order valence-corrected chi connectivity index (χ1v) is 9.89. The number of nitro groups is 1. The first-order valence-electron chi connectivity index (χ1n) is 9.89. The maximum absolute atomic E-state index is 11.5. The van der Waals surface area contributed by atoms with Gasteiger partial charge in [0.05, 0.1) is 10.3 Å². The third-order valence-electron chi connectivity index (χ3n) is 4.97. The van der Waals surface area contributed by atoms with Crippen LogP contribution < -0.4 is 0 Å². The number of hydrogen-bond acceptors (Lipinski definition) is 2. The maximum atomic E-state index is 11.5. The first-order chi connectivity index (χ1) is 12.2. The number of rotatable bonds is 12. The van der Waals surface area contributed by atoms with E-state index in [9.17, 15) is 10.1 Å². The summed E-state index contributed by atoms with van der Waals surface area (Å²) in [5.74, 6) is 0. The number of fused-ring (bicyclic) bond motifs is 1. The van der Waals surface area contributed by atoms with E-state index in [2.05, 4.69) is 6.92 Å². The lowest BCUT2D eigenvalue weighted by atomic mass is 9.99. The van der Waals surface area contributed by atoms with Crippen LogP contribution in [0, 0.1) is 10.1 Å². The van der Waals surface area contributed by atoms with Crippen molar-refractivity contribution in [2.45, 2.75) is 77.6 Å². The minimum absolute atomic E-state index is 0.214. The molecule has 0 saturated carbocycles. The zero-order chi connectivity index (χ0) is 17.9. The molecule has 0 unspecified atom stereocenters. The largest absolute Gasteiger partial charge is 0.280 e. The van der Waals surface area contributed by atoms with Crippen LogP contribution in [0.2, 0.25) is 0 Å². The fraction of sp³-hybridized carbons (Fsp3) is 0.545. The van der Waals surface area contributed by atoms with Gasteiger partial charge < -0.3 is 0 Å². The van der Waals surface area contributed by atoms with Crippen LogP contribution in [-0.2, 0) is 6.42 Å². The summed E-state index contributed by atoms with van der Waals surface area (Å²) in [6, 6.07) is 11.5. The van der Waals surface area contributed by atoms with Gasteiger partial charge in [0.25, 0.3) is 5.69 Å². The zero-order valence-electron chi connectivity index (χ0n) is 15.5. The van der Waals surface area contributed by atoms with Crippen molar-refractivity contribution in [3.63, 3.8) is 0 Å². The molecule has 0 amide bonds. The third kappa shape index (κ3) is 6.15. The van der Waals surface area contributed by atoms with Gasteiger partial charge in [-0.05, 0) is 24.3 Å². The molecule has 0 radical (unpaired) electrons. The van der Waals surface area contributed by atoms with Crippen LogP contribution >= 0.6 is 0 Å². The second-order valence-corrected chi connectivity index (χ2v) is 6.98. The number of nitrogens with zero attached hydrogens (tertiary/aromatic N) is 1. The SMILES string of the molecule is CCCCCCCCCCCCc1ccc2ccccc2c1[N+](=O)[O-]. The minimum atomic E-state index is -0.214.